The molecule has 0 atom stereocenters. The molecule has 4 rings (SSSR count). The first-order valence-corrected chi connectivity index (χ1v) is 9.68. The number of ether oxygens (including phenoxy) is 1. The van der Waals surface area contributed by atoms with Gasteiger partial charge in [-0.15, -0.1) is 11.3 Å². The van der Waals surface area contributed by atoms with Gasteiger partial charge in [0, 0.05) is 31.7 Å². The van der Waals surface area contributed by atoms with Crippen molar-refractivity contribution in [1.82, 2.24) is 15.0 Å². The molecule has 0 aliphatic carbocycles. The van der Waals surface area contributed by atoms with Crippen LogP contribution in [0.5, 0.6) is 5.75 Å². The molecule has 2 aromatic heterocycles. The quantitative estimate of drug-likeness (QED) is 0.688. The third-order valence-corrected chi connectivity index (χ3v) is 5.39. The summed E-state index contributed by atoms with van der Waals surface area (Å²) in [6, 6.07) is 11.8. The van der Waals surface area contributed by atoms with Gasteiger partial charge in [0.05, 0.1) is 12.0 Å². The number of hydrogen-bond donors (Lipinski definition) is 0. The lowest BCUT2D eigenvalue weighted by Gasteiger charge is -2.20. The minimum Gasteiger partial charge on any atom is -0.497 e. The molecule has 1 saturated heterocycles. The van der Waals surface area contributed by atoms with Crippen molar-refractivity contribution in [3.63, 3.8) is 0 Å². The standard InChI is InChI=1S/C19H20N4O3S/c1-25-15-6-2-5-14(13-15)17-20-19(26-21-17)23-9-4-8-22(10-11-23)18(24)16-7-3-12-27-16/h2-3,5-7,12-13H,4,8-11H2,1H3. The van der Waals surface area contributed by atoms with Gasteiger partial charge in [0.1, 0.15) is 5.75 Å². The van der Waals surface area contributed by atoms with E-state index < -0.39 is 0 Å². The first-order chi connectivity index (χ1) is 13.2. The number of carbonyl (C=O) groups is 1. The average Bonchev–Trinajstić information content (AvgIpc) is 3.36. The second-order valence-corrected chi connectivity index (χ2v) is 7.19. The third kappa shape index (κ3) is 3.80. The molecule has 0 spiro atoms. The van der Waals surface area contributed by atoms with Crippen molar-refractivity contribution in [2.24, 2.45) is 0 Å². The van der Waals surface area contributed by atoms with Crippen LogP contribution < -0.4 is 9.64 Å². The van der Waals surface area contributed by atoms with Crippen LogP contribution >= 0.6 is 11.3 Å². The Bertz CT molecular complexity index is 909. The zero-order chi connectivity index (χ0) is 18.6. The minimum atomic E-state index is 0.0921. The normalized spacial score (nSPS) is 14.9. The molecule has 7 nitrogen and oxygen atoms in total. The molecule has 1 amide bonds. The van der Waals surface area contributed by atoms with Crippen molar-refractivity contribution >= 4 is 23.3 Å². The molecule has 140 valence electrons. The maximum absolute atomic E-state index is 12.6. The summed E-state index contributed by atoms with van der Waals surface area (Å²) < 4.78 is 10.7. The van der Waals surface area contributed by atoms with Gasteiger partial charge in [-0.05, 0) is 30.0 Å². The van der Waals surface area contributed by atoms with Gasteiger partial charge < -0.3 is 19.1 Å². The van der Waals surface area contributed by atoms with Crippen molar-refractivity contribution in [3.8, 4) is 17.1 Å². The van der Waals surface area contributed by atoms with E-state index in [2.05, 4.69) is 10.1 Å². The molecular weight excluding hydrogens is 364 g/mol. The molecule has 0 saturated carbocycles. The summed E-state index contributed by atoms with van der Waals surface area (Å²) in [7, 11) is 1.63. The number of hydrogen-bond acceptors (Lipinski definition) is 7. The van der Waals surface area contributed by atoms with Crippen LogP contribution in [0.4, 0.5) is 6.01 Å². The molecule has 1 aliphatic heterocycles. The number of aromatic nitrogens is 2. The first-order valence-electron chi connectivity index (χ1n) is 8.80. The van der Waals surface area contributed by atoms with E-state index in [1.807, 2.05) is 51.6 Å². The van der Waals surface area contributed by atoms with Crippen molar-refractivity contribution in [2.75, 3.05) is 38.2 Å². The van der Waals surface area contributed by atoms with Gasteiger partial charge in [-0.1, -0.05) is 23.4 Å². The van der Waals surface area contributed by atoms with Crippen molar-refractivity contribution in [2.45, 2.75) is 6.42 Å². The average molecular weight is 384 g/mol. The van der Waals surface area contributed by atoms with Crippen LogP contribution in [-0.4, -0.2) is 54.2 Å². The molecule has 3 aromatic rings. The fourth-order valence-electron chi connectivity index (χ4n) is 3.09. The minimum absolute atomic E-state index is 0.0921. The van der Waals surface area contributed by atoms with Crippen molar-refractivity contribution < 1.29 is 14.1 Å². The highest BCUT2D eigenvalue weighted by atomic mass is 32.1. The highest BCUT2D eigenvalue weighted by Gasteiger charge is 2.23. The topological polar surface area (TPSA) is 71.7 Å². The van der Waals surface area contributed by atoms with E-state index in [1.165, 1.54) is 11.3 Å². The Balaban J connectivity index is 1.45. The molecule has 0 radical (unpaired) electrons. The van der Waals surface area contributed by atoms with Crippen LogP contribution in [0.15, 0.2) is 46.3 Å². The van der Waals surface area contributed by atoms with E-state index in [9.17, 15) is 4.79 Å². The van der Waals surface area contributed by atoms with Crippen LogP contribution in [0.2, 0.25) is 0 Å². The SMILES string of the molecule is COc1cccc(-c2noc(N3CCCN(C(=O)c4cccs4)CC3)n2)c1. The van der Waals surface area contributed by atoms with Crippen LogP contribution in [0.1, 0.15) is 16.1 Å². The molecule has 8 heteroatoms. The molecular formula is C19H20N4O3S. The summed E-state index contributed by atoms with van der Waals surface area (Å²) in [4.78, 5) is 21.8. The molecule has 1 aromatic carbocycles. The summed E-state index contributed by atoms with van der Waals surface area (Å²) in [6.45, 7) is 2.79. The van der Waals surface area contributed by atoms with Gasteiger partial charge in [-0.3, -0.25) is 4.79 Å². The van der Waals surface area contributed by atoms with Crippen LogP contribution in [-0.2, 0) is 0 Å². The smallest absolute Gasteiger partial charge is 0.324 e. The molecule has 1 fully saturated rings. The zero-order valence-electron chi connectivity index (χ0n) is 15.0. The lowest BCUT2D eigenvalue weighted by molar-refractivity contribution is 0.0771. The maximum atomic E-state index is 12.6. The Morgan fingerprint density at radius 3 is 2.93 bits per heavy atom. The second-order valence-electron chi connectivity index (χ2n) is 6.24. The highest BCUT2D eigenvalue weighted by molar-refractivity contribution is 7.12. The van der Waals surface area contributed by atoms with Crippen LogP contribution in [0, 0.1) is 0 Å². The molecule has 3 heterocycles. The number of methoxy groups -OCH3 is 1. The molecule has 27 heavy (non-hydrogen) atoms. The lowest BCUT2D eigenvalue weighted by atomic mass is 10.2. The third-order valence-electron chi connectivity index (χ3n) is 4.53. The number of carbonyl (C=O) groups excluding carboxylic acids is 1. The van der Waals surface area contributed by atoms with E-state index in [0.29, 0.717) is 24.9 Å². The monoisotopic (exact) mass is 384 g/mol. The second kappa shape index (κ2) is 7.79. The van der Waals surface area contributed by atoms with E-state index in [-0.39, 0.29) is 5.91 Å². The van der Waals surface area contributed by atoms with Crippen molar-refractivity contribution in [1.29, 1.82) is 0 Å². The Labute approximate surface area is 161 Å². The van der Waals surface area contributed by atoms with Gasteiger partial charge in [0.15, 0.2) is 0 Å². The fraction of sp³-hybridized carbons (Fsp3) is 0.316. The number of rotatable bonds is 4. The highest BCUT2D eigenvalue weighted by Crippen LogP contribution is 2.24. The lowest BCUT2D eigenvalue weighted by Crippen LogP contribution is -2.34. The Morgan fingerprint density at radius 2 is 2.11 bits per heavy atom. The fourth-order valence-corrected chi connectivity index (χ4v) is 3.78. The number of amides is 1. The van der Waals surface area contributed by atoms with Gasteiger partial charge >= 0.3 is 6.01 Å². The van der Waals surface area contributed by atoms with Crippen molar-refractivity contribution in [3.05, 3.63) is 46.7 Å². The van der Waals surface area contributed by atoms with E-state index in [0.717, 1.165) is 35.7 Å². The summed E-state index contributed by atoms with van der Waals surface area (Å²) in [5.41, 5.74) is 0.841. The van der Waals surface area contributed by atoms with E-state index >= 15 is 0 Å². The van der Waals surface area contributed by atoms with Gasteiger partial charge in [-0.25, -0.2) is 0 Å². The first kappa shape index (κ1) is 17.5. The maximum Gasteiger partial charge on any atom is 0.324 e. The number of anilines is 1. The van der Waals surface area contributed by atoms with Crippen LogP contribution in [0.3, 0.4) is 0 Å². The molecule has 0 N–H and O–H groups in total. The summed E-state index contributed by atoms with van der Waals surface area (Å²) in [5, 5.41) is 6.03. The Kier molecular flexibility index (Phi) is 5.06. The predicted molar refractivity (Wildman–Crippen MR) is 103 cm³/mol. The number of thiophene rings is 1. The molecule has 1 aliphatic rings. The molecule has 0 bridgehead atoms. The van der Waals surface area contributed by atoms with Crippen LogP contribution in [0.25, 0.3) is 11.4 Å². The van der Waals surface area contributed by atoms with Gasteiger partial charge in [-0.2, -0.15) is 4.98 Å². The van der Waals surface area contributed by atoms with Gasteiger partial charge in [0.25, 0.3) is 5.91 Å². The van der Waals surface area contributed by atoms with E-state index in [4.69, 9.17) is 9.26 Å². The van der Waals surface area contributed by atoms with Gasteiger partial charge in [0.2, 0.25) is 5.82 Å². The number of nitrogens with zero attached hydrogens (tertiary/aromatic N) is 4. The summed E-state index contributed by atoms with van der Waals surface area (Å²) in [5.74, 6) is 1.37. The Morgan fingerprint density at radius 1 is 1.19 bits per heavy atom. The Hall–Kier alpha value is -2.87. The van der Waals surface area contributed by atoms with E-state index in [1.54, 1.807) is 7.11 Å². The number of benzene rings is 1. The summed E-state index contributed by atoms with van der Waals surface area (Å²) >= 11 is 1.48. The zero-order valence-corrected chi connectivity index (χ0v) is 15.8. The largest absolute Gasteiger partial charge is 0.497 e. The summed E-state index contributed by atoms with van der Waals surface area (Å²) in [6.07, 6.45) is 0.855. The predicted octanol–water partition coefficient (Wildman–Crippen LogP) is 3.16. The molecule has 0 unspecified atom stereocenters.